The van der Waals surface area contributed by atoms with Gasteiger partial charge in [0.2, 0.25) is 5.96 Å². The molecule has 1 aromatic rings. The van der Waals surface area contributed by atoms with Crippen LogP contribution in [0.2, 0.25) is 0 Å². The number of nitrogens with one attached hydrogen (secondary N) is 1. The van der Waals surface area contributed by atoms with E-state index in [0.717, 1.165) is 24.4 Å². The zero-order chi connectivity index (χ0) is 13.0. The highest BCUT2D eigenvalue weighted by atomic mass is 16.5. The molecule has 98 valence electrons. The smallest absolute Gasteiger partial charge is 0.213 e. The van der Waals surface area contributed by atoms with Gasteiger partial charge in [0.1, 0.15) is 5.75 Å². The lowest BCUT2D eigenvalue weighted by Gasteiger charge is -2.25. The first-order valence-corrected chi connectivity index (χ1v) is 6.26. The summed E-state index contributed by atoms with van der Waals surface area (Å²) in [5.74, 6) is 7.16. The Morgan fingerprint density at radius 2 is 2.22 bits per heavy atom. The third kappa shape index (κ3) is 2.73. The maximum atomic E-state index is 5.71. The third-order valence-electron chi connectivity index (χ3n) is 2.70. The van der Waals surface area contributed by atoms with Gasteiger partial charge < -0.3 is 9.64 Å². The second kappa shape index (κ2) is 5.73. The molecule has 0 unspecified atom stereocenters. The Balaban J connectivity index is 2.37. The summed E-state index contributed by atoms with van der Waals surface area (Å²) in [5, 5.41) is 0. The van der Waals surface area contributed by atoms with E-state index in [4.69, 9.17) is 10.6 Å². The summed E-state index contributed by atoms with van der Waals surface area (Å²) in [7, 11) is 0. The van der Waals surface area contributed by atoms with Crippen LogP contribution in [-0.2, 0) is 0 Å². The molecule has 5 nitrogen and oxygen atoms in total. The van der Waals surface area contributed by atoms with E-state index in [0.29, 0.717) is 12.6 Å². The number of hydrogen-bond acceptors (Lipinski definition) is 3. The first-order valence-electron chi connectivity index (χ1n) is 6.26. The number of guanidine groups is 1. The highest BCUT2D eigenvalue weighted by Gasteiger charge is 2.19. The molecule has 1 aliphatic rings. The molecule has 0 spiro atoms. The second-order valence-electron chi connectivity index (χ2n) is 4.51. The zero-order valence-electron chi connectivity index (χ0n) is 10.9. The first kappa shape index (κ1) is 12.7. The Hall–Kier alpha value is -1.75. The fourth-order valence-corrected chi connectivity index (χ4v) is 1.98. The van der Waals surface area contributed by atoms with Gasteiger partial charge in [-0.1, -0.05) is 12.1 Å². The van der Waals surface area contributed by atoms with Crippen molar-refractivity contribution < 1.29 is 4.74 Å². The molecule has 0 saturated heterocycles. The molecule has 0 aliphatic carbocycles. The van der Waals surface area contributed by atoms with Gasteiger partial charge in [-0.2, -0.15) is 0 Å². The van der Waals surface area contributed by atoms with Gasteiger partial charge in [0.05, 0.1) is 12.3 Å². The van der Waals surface area contributed by atoms with Crippen LogP contribution in [0.1, 0.15) is 20.3 Å². The zero-order valence-corrected chi connectivity index (χ0v) is 10.9. The van der Waals surface area contributed by atoms with Crippen LogP contribution in [0.15, 0.2) is 29.3 Å². The summed E-state index contributed by atoms with van der Waals surface area (Å²) in [6.07, 6.45) is 0.938. The monoisotopic (exact) mass is 248 g/mol. The number of ether oxygens (including phenoxy) is 1. The molecule has 1 aliphatic heterocycles. The van der Waals surface area contributed by atoms with E-state index in [2.05, 4.69) is 15.3 Å². The SMILES string of the molecule is CC(C)N=C(NN)N1CCCOc2ccccc21. The number of para-hydroxylation sites is 2. The molecule has 3 N–H and O–H groups in total. The maximum absolute atomic E-state index is 5.71. The fraction of sp³-hybridized carbons (Fsp3) is 0.462. The standard InChI is InChI=1S/C13H20N4O/c1-10(2)15-13(16-14)17-8-5-9-18-12-7-4-3-6-11(12)17/h3-4,6-7,10H,5,8-9,14H2,1-2H3,(H,15,16). The number of fused-ring (bicyclic) bond motifs is 1. The van der Waals surface area contributed by atoms with Crippen molar-refractivity contribution in [3.63, 3.8) is 0 Å². The van der Waals surface area contributed by atoms with E-state index in [9.17, 15) is 0 Å². The molecule has 1 aromatic carbocycles. The van der Waals surface area contributed by atoms with Gasteiger partial charge in [0, 0.05) is 12.6 Å². The highest BCUT2D eigenvalue weighted by molar-refractivity contribution is 5.97. The molecule has 0 atom stereocenters. The van der Waals surface area contributed by atoms with E-state index in [1.54, 1.807) is 0 Å². The molecule has 0 bridgehead atoms. The largest absolute Gasteiger partial charge is 0.491 e. The fourth-order valence-electron chi connectivity index (χ4n) is 1.98. The van der Waals surface area contributed by atoms with Gasteiger partial charge in [-0.3, -0.25) is 5.43 Å². The molecule has 1 heterocycles. The number of rotatable bonds is 1. The molecule has 0 aromatic heterocycles. The molecule has 18 heavy (non-hydrogen) atoms. The third-order valence-corrected chi connectivity index (χ3v) is 2.70. The van der Waals surface area contributed by atoms with Crippen LogP contribution in [0.4, 0.5) is 5.69 Å². The average molecular weight is 248 g/mol. The predicted octanol–water partition coefficient (Wildman–Crippen LogP) is 1.50. The molecule has 0 fully saturated rings. The van der Waals surface area contributed by atoms with Crippen molar-refractivity contribution in [3.8, 4) is 5.75 Å². The quantitative estimate of drug-likeness (QED) is 0.342. The summed E-state index contributed by atoms with van der Waals surface area (Å²) in [4.78, 5) is 6.58. The van der Waals surface area contributed by atoms with Crippen molar-refractivity contribution in [3.05, 3.63) is 24.3 Å². The molecule has 0 saturated carbocycles. The van der Waals surface area contributed by atoms with Gasteiger partial charge in [0.25, 0.3) is 0 Å². The number of hydrazine groups is 1. The average Bonchev–Trinajstić information content (AvgIpc) is 2.58. The topological polar surface area (TPSA) is 62.9 Å². The minimum Gasteiger partial charge on any atom is -0.491 e. The van der Waals surface area contributed by atoms with Gasteiger partial charge in [-0.05, 0) is 32.4 Å². The minimum atomic E-state index is 0.187. The predicted molar refractivity (Wildman–Crippen MR) is 73.8 cm³/mol. The number of nitrogens with two attached hydrogens (primary N) is 1. The van der Waals surface area contributed by atoms with Crippen molar-refractivity contribution in [1.29, 1.82) is 0 Å². The van der Waals surface area contributed by atoms with Crippen LogP contribution in [0.5, 0.6) is 5.75 Å². The number of benzene rings is 1. The second-order valence-corrected chi connectivity index (χ2v) is 4.51. The highest BCUT2D eigenvalue weighted by Crippen LogP contribution is 2.30. The lowest BCUT2D eigenvalue weighted by atomic mass is 10.2. The van der Waals surface area contributed by atoms with E-state index >= 15 is 0 Å². The lowest BCUT2D eigenvalue weighted by Crippen LogP contribution is -2.45. The molecule has 5 heteroatoms. The van der Waals surface area contributed by atoms with Gasteiger partial charge >= 0.3 is 0 Å². The van der Waals surface area contributed by atoms with E-state index < -0.39 is 0 Å². The Labute approximate surface area is 108 Å². The van der Waals surface area contributed by atoms with Crippen molar-refractivity contribution in [2.24, 2.45) is 10.8 Å². The van der Waals surface area contributed by atoms with E-state index in [1.165, 1.54) is 0 Å². The Morgan fingerprint density at radius 3 is 2.94 bits per heavy atom. The van der Waals surface area contributed by atoms with Gasteiger partial charge in [0.15, 0.2) is 0 Å². The molecular weight excluding hydrogens is 228 g/mol. The summed E-state index contributed by atoms with van der Waals surface area (Å²) < 4.78 is 5.71. The summed E-state index contributed by atoms with van der Waals surface area (Å²) >= 11 is 0. The van der Waals surface area contributed by atoms with E-state index in [1.807, 2.05) is 38.1 Å². The van der Waals surface area contributed by atoms with Crippen LogP contribution in [0, 0.1) is 0 Å². The van der Waals surface area contributed by atoms with Crippen molar-refractivity contribution in [2.45, 2.75) is 26.3 Å². The molecular formula is C13H20N4O. The van der Waals surface area contributed by atoms with Crippen LogP contribution in [0.3, 0.4) is 0 Å². The van der Waals surface area contributed by atoms with Gasteiger partial charge in [-0.25, -0.2) is 10.8 Å². The number of anilines is 1. The maximum Gasteiger partial charge on any atom is 0.213 e. The number of nitrogens with zero attached hydrogens (tertiary/aromatic N) is 2. The summed E-state index contributed by atoms with van der Waals surface area (Å²) in [6, 6.07) is 8.14. The van der Waals surface area contributed by atoms with Crippen molar-refractivity contribution >= 4 is 11.6 Å². The van der Waals surface area contributed by atoms with E-state index in [-0.39, 0.29) is 6.04 Å². The Morgan fingerprint density at radius 1 is 1.44 bits per heavy atom. The summed E-state index contributed by atoms with van der Waals surface area (Å²) in [5.41, 5.74) is 3.70. The molecule has 0 amide bonds. The molecule has 0 radical (unpaired) electrons. The lowest BCUT2D eigenvalue weighted by molar-refractivity contribution is 0.322. The minimum absolute atomic E-state index is 0.187. The van der Waals surface area contributed by atoms with Gasteiger partial charge in [-0.15, -0.1) is 0 Å². The Bertz CT molecular complexity index is 431. The van der Waals surface area contributed by atoms with Crippen LogP contribution in [-0.4, -0.2) is 25.2 Å². The van der Waals surface area contributed by atoms with Crippen molar-refractivity contribution in [2.75, 3.05) is 18.1 Å². The number of hydrogen-bond donors (Lipinski definition) is 2. The van der Waals surface area contributed by atoms with Crippen LogP contribution >= 0.6 is 0 Å². The molecule has 2 rings (SSSR count). The summed E-state index contributed by atoms with van der Waals surface area (Å²) in [6.45, 7) is 5.61. The van der Waals surface area contributed by atoms with Crippen LogP contribution < -0.4 is 20.9 Å². The van der Waals surface area contributed by atoms with Crippen molar-refractivity contribution in [1.82, 2.24) is 5.43 Å². The first-order chi connectivity index (χ1) is 8.72. The number of aliphatic imine (C=N–C) groups is 1. The Kier molecular flexibility index (Phi) is 4.04. The normalized spacial score (nSPS) is 16.0. The van der Waals surface area contributed by atoms with Crippen LogP contribution in [0.25, 0.3) is 0 Å².